The molecule has 0 spiro atoms. The normalized spacial score (nSPS) is 16.6. The lowest BCUT2D eigenvalue weighted by Crippen LogP contribution is -2.57. The predicted molar refractivity (Wildman–Crippen MR) is 131 cm³/mol. The number of halogens is 1. The Morgan fingerprint density at radius 1 is 1.18 bits per heavy atom. The molecule has 2 N–H and O–H groups in total. The van der Waals surface area contributed by atoms with E-state index in [4.69, 9.17) is 0 Å². The van der Waals surface area contributed by atoms with E-state index in [-0.39, 0.29) is 29.7 Å². The third kappa shape index (κ3) is 5.22. The summed E-state index contributed by atoms with van der Waals surface area (Å²) < 4.78 is 14.8. The molecule has 0 saturated carbocycles. The van der Waals surface area contributed by atoms with Gasteiger partial charge in [-0.1, -0.05) is 46.8 Å². The first-order valence-electron chi connectivity index (χ1n) is 11.5. The van der Waals surface area contributed by atoms with Gasteiger partial charge in [0.15, 0.2) is 0 Å². The van der Waals surface area contributed by atoms with Crippen LogP contribution in [0.1, 0.15) is 52.7 Å². The molecule has 1 aromatic carbocycles. The van der Waals surface area contributed by atoms with E-state index in [0.29, 0.717) is 12.2 Å². The number of likely N-dealkylation sites (N-methyl/N-ethyl adjacent to an activating group) is 1. The van der Waals surface area contributed by atoms with Gasteiger partial charge in [0.05, 0.1) is 18.3 Å². The molecule has 0 radical (unpaired) electrons. The maximum Gasteiger partial charge on any atom is 0.251 e. The lowest BCUT2D eigenvalue weighted by atomic mass is 9.85. The molecule has 0 unspecified atom stereocenters. The van der Waals surface area contributed by atoms with Crippen LogP contribution in [0.4, 0.5) is 10.1 Å². The Kier molecular flexibility index (Phi) is 7.03. The highest BCUT2D eigenvalue weighted by Gasteiger charge is 2.44. The second-order valence-corrected chi connectivity index (χ2v) is 10.8. The van der Waals surface area contributed by atoms with E-state index in [0.717, 1.165) is 11.1 Å². The van der Waals surface area contributed by atoms with Gasteiger partial charge in [0.2, 0.25) is 11.8 Å². The highest BCUT2D eigenvalue weighted by Crippen LogP contribution is 2.40. The second-order valence-electron chi connectivity index (χ2n) is 10.8. The molecule has 3 rings (SSSR count). The van der Waals surface area contributed by atoms with Gasteiger partial charge in [-0.15, -0.1) is 0 Å². The highest BCUT2D eigenvalue weighted by atomic mass is 19.1. The van der Waals surface area contributed by atoms with Crippen molar-refractivity contribution in [3.05, 3.63) is 63.8 Å². The first-order valence-corrected chi connectivity index (χ1v) is 11.5. The molecule has 34 heavy (non-hydrogen) atoms. The molecule has 2 atom stereocenters. The van der Waals surface area contributed by atoms with Crippen molar-refractivity contribution in [2.24, 2.45) is 5.41 Å². The number of hydrogen-bond donors (Lipinski definition) is 2. The maximum absolute atomic E-state index is 13.8. The Hall–Kier alpha value is -3.00. The van der Waals surface area contributed by atoms with Crippen LogP contribution in [0.2, 0.25) is 0 Å². The van der Waals surface area contributed by atoms with Crippen molar-refractivity contribution >= 4 is 17.5 Å². The topological polar surface area (TPSA) is 83.4 Å². The molecule has 2 amide bonds. The van der Waals surface area contributed by atoms with Gasteiger partial charge in [0.25, 0.3) is 5.56 Å². The molecule has 2 heterocycles. The molecule has 0 aliphatic carbocycles. The van der Waals surface area contributed by atoms with Crippen LogP contribution in [0.25, 0.3) is 0 Å². The second kappa shape index (κ2) is 9.33. The average Bonchev–Trinajstić information content (AvgIpc) is 3.01. The molecule has 7 nitrogen and oxygen atoms in total. The summed E-state index contributed by atoms with van der Waals surface area (Å²) in [4.78, 5) is 41.0. The number of carbonyl (C=O) groups is 2. The zero-order valence-electron chi connectivity index (χ0n) is 21.0. The predicted octanol–water partition coefficient (Wildman–Crippen LogP) is 2.80. The van der Waals surface area contributed by atoms with Crippen molar-refractivity contribution in [2.45, 2.75) is 65.6 Å². The lowest BCUT2D eigenvalue weighted by molar-refractivity contribution is -0.130. The zero-order chi connectivity index (χ0) is 25.4. The molecule has 0 fully saturated rings. The molecule has 0 bridgehead atoms. The molecular formula is C26H35FN4O3. The van der Waals surface area contributed by atoms with Gasteiger partial charge in [-0.05, 0) is 42.6 Å². The van der Waals surface area contributed by atoms with Gasteiger partial charge < -0.3 is 20.1 Å². The first-order chi connectivity index (χ1) is 15.7. The van der Waals surface area contributed by atoms with Crippen molar-refractivity contribution in [1.82, 2.24) is 15.2 Å². The Morgan fingerprint density at radius 2 is 1.79 bits per heavy atom. The number of carbonyl (C=O) groups excluding carboxylic acids is 2. The van der Waals surface area contributed by atoms with Gasteiger partial charge in [-0.25, -0.2) is 4.39 Å². The molecule has 8 heteroatoms. The van der Waals surface area contributed by atoms with Gasteiger partial charge in [-0.2, -0.15) is 0 Å². The summed E-state index contributed by atoms with van der Waals surface area (Å²) in [6, 6.07) is 6.37. The van der Waals surface area contributed by atoms with Gasteiger partial charge in [0.1, 0.15) is 11.9 Å². The standard InChI is InChI=1S/C26H35FN4O3/c1-16(28-7)23(33)29-22(25(2,3)4)24(34)31-15-26(5,6)19-12-21(32)30(14-20(19)31)13-17-8-10-18(27)11-9-17/h8-12,14,16,22,28H,13,15H2,1-7H3,(H,29,33)/t16-,22+/m0/s1. The lowest BCUT2D eigenvalue weighted by Gasteiger charge is -2.34. The Labute approximate surface area is 200 Å². The van der Waals surface area contributed by atoms with E-state index in [2.05, 4.69) is 10.6 Å². The van der Waals surface area contributed by atoms with Crippen LogP contribution in [0.15, 0.2) is 41.3 Å². The number of benzene rings is 1. The Balaban J connectivity index is 2.00. The molecule has 184 valence electrons. The molecule has 2 aromatic rings. The maximum atomic E-state index is 13.8. The number of nitrogens with zero attached hydrogens (tertiary/aromatic N) is 2. The van der Waals surface area contributed by atoms with Gasteiger partial charge in [-0.3, -0.25) is 14.4 Å². The van der Waals surface area contributed by atoms with E-state index in [1.165, 1.54) is 16.7 Å². The van der Waals surface area contributed by atoms with E-state index >= 15 is 0 Å². The van der Waals surface area contributed by atoms with Crippen molar-refractivity contribution in [1.29, 1.82) is 0 Å². The van der Waals surface area contributed by atoms with E-state index < -0.39 is 22.9 Å². The van der Waals surface area contributed by atoms with Crippen LogP contribution in [0.3, 0.4) is 0 Å². The first kappa shape index (κ1) is 25.6. The van der Waals surface area contributed by atoms with Crippen LogP contribution >= 0.6 is 0 Å². The number of amides is 2. The summed E-state index contributed by atoms with van der Waals surface area (Å²) in [5.74, 6) is -0.815. The van der Waals surface area contributed by atoms with E-state index in [9.17, 15) is 18.8 Å². The van der Waals surface area contributed by atoms with Crippen molar-refractivity contribution < 1.29 is 14.0 Å². The quantitative estimate of drug-likeness (QED) is 0.680. The SMILES string of the molecule is CN[C@@H](C)C(=O)N[C@H](C(=O)N1CC(C)(C)c2cc(=O)n(Cc3ccc(F)cc3)cc21)C(C)(C)C. The van der Waals surface area contributed by atoms with Crippen molar-refractivity contribution in [3.63, 3.8) is 0 Å². The number of hydrogen-bond acceptors (Lipinski definition) is 4. The van der Waals surface area contributed by atoms with Crippen molar-refractivity contribution in [2.75, 3.05) is 18.5 Å². The fourth-order valence-electron chi connectivity index (χ4n) is 4.19. The van der Waals surface area contributed by atoms with Gasteiger partial charge >= 0.3 is 0 Å². The number of pyridine rings is 1. The molecule has 1 aromatic heterocycles. The third-order valence-corrected chi connectivity index (χ3v) is 6.44. The highest BCUT2D eigenvalue weighted by molar-refractivity contribution is 6.02. The average molecular weight is 471 g/mol. The fourth-order valence-corrected chi connectivity index (χ4v) is 4.19. The molecule has 1 aliphatic heterocycles. The largest absolute Gasteiger partial charge is 0.342 e. The van der Waals surface area contributed by atoms with Crippen LogP contribution in [0, 0.1) is 11.2 Å². The summed E-state index contributed by atoms with van der Waals surface area (Å²) in [5, 5.41) is 5.82. The minimum Gasteiger partial charge on any atom is -0.342 e. The fraction of sp³-hybridized carbons (Fsp3) is 0.500. The molecule has 1 aliphatic rings. The van der Waals surface area contributed by atoms with Gasteiger partial charge in [0, 0.05) is 24.2 Å². The summed E-state index contributed by atoms with van der Waals surface area (Å²) in [6.45, 7) is 12.1. The molecular weight excluding hydrogens is 435 g/mol. The summed E-state index contributed by atoms with van der Waals surface area (Å²) in [6.07, 6.45) is 1.70. The van der Waals surface area contributed by atoms with Crippen LogP contribution in [-0.4, -0.2) is 42.1 Å². The minimum atomic E-state index is -0.755. The smallest absolute Gasteiger partial charge is 0.251 e. The van der Waals surface area contributed by atoms with Crippen LogP contribution < -0.4 is 21.1 Å². The number of rotatable bonds is 6. The number of anilines is 1. The van der Waals surface area contributed by atoms with Crippen LogP contribution in [-0.2, 0) is 21.5 Å². The zero-order valence-corrected chi connectivity index (χ0v) is 21.0. The Bertz CT molecular complexity index is 1130. The number of aromatic nitrogens is 1. The number of nitrogens with one attached hydrogen (secondary N) is 2. The summed E-state index contributed by atoms with van der Waals surface area (Å²) in [7, 11) is 1.69. The monoisotopic (exact) mass is 470 g/mol. The summed E-state index contributed by atoms with van der Waals surface area (Å²) in [5.41, 5.74) is 1.08. The summed E-state index contributed by atoms with van der Waals surface area (Å²) >= 11 is 0. The number of fused-ring (bicyclic) bond motifs is 1. The minimum absolute atomic E-state index is 0.186. The Morgan fingerprint density at radius 3 is 2.35 bits per heavy atom. The van der Waals surface area contributed by atoms with Crippen molar-refractivity contribution in [3.8, 4) is 0 Å². The van der Waals surface area contributed by atoms with E-state index in [1.54, 1.807) is 43.3 Å². The third-order valence-electron chi connectivity index (χ3n) is 6.44. The molecule has 0 saturated heterocycles. The van der Waals surface area contributed by atoms with E-state index in [1.807, 2.05) is 34.6 Å². The van der Waals surface area contributed by atoms with Crippen LogP contribution in [0.5, 0.6) is 0 Å².